The molecule has 0 saturated carbocycles. The van der Waals surface area contributed by atoms with Gasteiger partial charge in [0.15, 0.2) is 5.69 Å². The first-order valence-electron chi connectivity index (χ1n) is 6.48. The molecular weight excluding hydrogens is 315 g/mol. The quantitative estimate of drug-likeness (QED) is 0.829. The largest absolute Gasteiger partial charge is 0.434 e. The Balaban J connectivity index is 1.81. The minimum Gasteiger partial charge on any atom is -0.399 e. The number of thiazole rings is 1. The van der Waals surface area contributed by atoms with Crippen LogP contribution in [0.25, 0.3) is 0 Å². The molecule has 0 aliphatic heterocycles. The van der Waals surface area contributed by atoms with E-state index in [2.05, 4.69) is 10.3 Å². The molecule has 118 valence electrons. The number of hydrogen-bond donors (Lipinski definition) is 2. The van der Waals surface area contributed by atoms with Crippen LogP contribution < -0.4 is 11.1 Å². The molecule has 0 fully saturated rings. The molecule has 22 heavy (non-hydrogen) atoms. The summed E-state index contributed by atoms with van der Waals surface area (Å²) in [7, 11) is 0. The Morgan fingerprint density at radius 1 is 1.32 bits per heavy atom. The Hall–Kier alpha value is -2.09. The van der Waals surface area contributed by atoms with E-state index >= 15 is 0 Å². The van der Waals surface area contributed by atoms with Gasteiger partial charge in [0, 0.05) is 17.5 Å². The topological polar surface area (TPSA) is 68.0 Å². The van der Waals surface area contributed by atoms with Crippen LogP contribution >= 0.6 is 11.3 Å². The predicted octanol–water partition coefficient (Wildman–Crippen LogP) is 2.99. The summed E-state index contributed by atoms with van der Waals surface area (Å²) >= 11 is 0.869. The van der Waals surface area contributed by atoms with Crippen LogP contribution in [0.1, 0.15) is 22.7 Å². The number of aromatic nitrogens is 1. The van der Waals surface area contributed by atoms with E-state index in [1.807, 2.05) is 12.1 Å². The maximum absolute atomic E-state index is 12.4. The lowest BCUT2D eigenvalue weighted by atomic mass is 10.1. The summed E-state index contributed by atoms with van der Waals surface area (Å²) in [5.74, 6) is -0.257. The fourth-order valence-electron chi connectivity index (χ4n) is 1.79. The van der Waals surface area contributed by atoms with Crippen molar-refractivity contribution in [2.24, 2.45) is 0 Å². The molecule has 0 radical (unpaired) electrons. The number of aryl methyl sites for hydroxylation is 1. The molecule has 0 unspecified atom stereocenters. The Morgan fingerprint density at radius 2 is 2.05 bits per heavy atom. The maximum Gasteiger partial charge on any atom is 0.434 e. The number of nitrogen functional groups attached to an aromatic ring is 1. The summed E-state index contributed by atoms with van der Waals surface area (Å²) in [4.78, 5) is 15.2. The number of halogens is 3. The van der Waals surface area contributed by atoms with Crippen LogP contribution in [0.15, 0.2) is 29.6 Å². The lowest BCUT2D eigenvalue weighted by Gasteiger charge is -2.06. The Labute approximate surface area is 129 Å². The average Bonchev–Trinajstić information content (AvgIpc) is 2.93. The summed E-state index contributed by atoms with van der Waals surface area (Å²) in [5, 5.41) is 3.71. The molecule has 3 N–H and O–H groups in total. The molecule has 8 heteroatoms. The Kier molecular flexibility index (Phi) is 5.02. The highest BCUT2D eigenvalue weighted by molar-refractivity contribution is 7.09. The molecule has 0 bridgehead atoms. The van der Waals surface area contributed by atoms with Gasteiger partial charge in [-0.25, -0.2) is 4.98 Å². The summed E-state index contributed by atoms with van der Waals surface area (Å²) in [6.45, 7) is -0.0101. The van der Waals surface area contributed by atoms with Gasteiger partial charge in [0.1, 0.15) is 5.01 Å². The van der Waals surface area contributed by atoms with Crippen molar-refractivity contribution in [1.82, 2.24) is 10.3 Å². The van der Waals surface area contributed by atoms with Gasteiger partial charge in [-0.2, -0.15) is 13.2 Å². The summed E-state index contributed by atoms with van der Waals surface area (Å²) < 4.78 is 37.2. The maximum atomic E-state index is 12.4. The molecule has 0 aliphatic carbocycles. The monoisotopic (exact) mass is 329 g/mol. The van der Waals surface area contributed by atoms with Crippen molar-refractivity contribution in [3.63, 3.8) is 0 Å². The van der Waals surface area contributed by atoms with Gasteiger partial charge in [-0.3, -0.25) is 4.79 Å². The second kappa shape index (κ2) is 6.78. The highest BCUT2D eigenvalue weighted by Gasteiger charge is 2.33. The fourth-order valence-corrected chi connectivity index (χ4v) is 2.54. The van der Waals surface area contributed by atoms with Gasteiger partial charge < -0.3 is 11.1 Å². The van der Waals surface area contributed by atoms with Crippen molar-refractivity contribution in [1.29, 1.82) is 0 Å². The van der Waals surface area contributed by atoms with Crippen LogP contribution in [0.2, 0.25) is 0 Å². The smallest absolute Gasteiger partial charge is 0.399 e. The minimum atomic E-state index is -4.45. The lowest BCUT2D eigenvalue weighted by Crippen LogP contribution is -2.23. The molecule has 4 nitrogen and oxygen atoms in total. The summed E-state index contributed by atoms with van der Waals surface area (Å²) in [6.07, 6.45) is -3.76. The number of carbonyl (C=O) groups excluding carboxylic acids is 1. The second-order valence-electron chi connectivity index (χ2n) is 4.60. The third-order valence-electron chi connectivity index (χ3n) is 2.96. The predicted molar refractivity (Wildman–Crippen MR) is 78.1 cm³/mol. The second-order valence-corrected chi connectivity index (χ2v) is 5.54. The molecule has 0 aliphatic rings. The van der Waals surface area contributed by atoms with Crippen LogP contribution in [-0.4, -0.2) is 10.9 Å². The molecule has 1 aromatic carbocycles. The number of para-hydroxylation sites is 1. The highest BCUT2D eigenvalue weighted by atomic mass is 32.1. The minimum absolute atomic E-state index is 0.0101. The number of rotatable bonds is 5. The van der Waals surface area contributed by atoms with E-state index < -0.39 is 11.9 Å². The fraction of sp³-hybridized carbons (Fsp3) is 0.286. The molecule has 2 aromatic rings. The zero-order chi connectivity index (χ0) is 16.2. The SMILES string of the molecule is Nc1ccccc1CCC(=O)NCc1nc(C(F)(F)F)cs1. The molecule has 0 atom stereocenters. The van der Waals surface area contributed by atoms with Gasteiger partial charge in [0.05, 0.1) is 6.54 Å². The van der Waals surface area contributed by atoms with E-state index in [4.69, 9.17) is 5.73 Å². The Morgan fingerprint density at radius 3 is 2.68 bits per heavy atom. The number of amides is 1. The van der Waals surface area contributed by atoms with E-state index in [1.165, 1.54) is 0 Å². The first-order valence-corrected chi connectivity index (χ1v) is 7.36. The van der Waals surface area contributed by atoms with Gasteiger partial charge in [-0.15, -0.1) is 11.3 Å². The number of alkyl halides is 3. The molecule has 1 aromatic heterocycles. The van der Waals surface area contributed by atoms with Crippen molar-refractivity contribution >= 4 is 22.9 Å². The van der Waals surface area contributed by atoms with Gasteiger partial charge in [0.2, 0.25) is 5.91 Å². The number of nitrogens with two attached hydrogens (primary N) is 1. The molecule has 1 amide bonds. The van der Waals surface area contributed by atoms with Crippen molar-refractivity contribution in [3.05, 3.63) is 45.9 Å². The molecule has 2 rings (SSSR count). The van der Waals surface area contributed by atoms with Crippen molar-refractivity contribution in [2.75, 3.05) is 5.73 Å². The summed E-state index contributed by atoms with van der Waals surface area (Å²) in [6, 6.07) is 7.22. The van der Waals surface area contributed by atoms with Gasteiger partial charge >= 0.3 is 6.18 Å². The molecule has 0 spiro atoms. The van der Waals surface area contributed by atoms with Crippen molar-refractivity contribution < 1.29 is 18.0 Å². The third-order valence-corrected chi connectivity index (χ3v) is 3.80. The number of anilines is 1. The lowest BCUT2D eigenvalue weighted by molar-refractivity contribution is -0.140. The van der Waals surface area contributed by atoms with E-state index in [0.29, 0.717) is 12.1 Å². The first kappa shape index (κ1) is 16.3. The highest BCUT2D eigenvalue weighted by Crippen LogP contribution is 2.29. The zero-order valence-corrected chi connectivity index (χ0v) is 12.3. The number of benzene rings is 1. The summed E-state index contributed by atoms with van der Waals surface area (Å²) in [5.41, 5.74) is 6.32. The standard InChI is InChI=1S/C14H14F3N3OS/c15-14(16,17)11-8-22-13(20-11)7-19-12(21)6-5-9-3-1-2-4-10(9)18/h1-4,8H,5-7,18H2,(H,19,21). The number of carbonyl (C=O) groups is 1. The first-order chi connectivity index (χ1) is 10.4. The average molecular weight is 329 g/mol. The molecular formula is C14H14F3N3OS. The molecule has 0 saturated heterocycles. The Bertz CT molecular complexity index is 655. The van der Waals surface area contributed by atoms with E-state index in [0.717, 1.165) is 22.3 Å². The van der Waals surface area contributed by atoms with E-state index in [-0.39, 0.29) is 23.9 Å². The van der Waals surface area contributed by atoms with Crippen LogP contribution in [0.3, 0.4) is 0 Å². The number of hydrogen-bond acceptors (Lipinski definition) is 4. The van der Waals surface area contributed by atoms with Gasteiger partial charge in [-0.1, -0.05) is 18.2 Å². The van der Waals surface area contributed by atoms with Crippen LogP contribution in [-0.2, 0) is 23.9 Å². The number of nitrogens with one attached hydrogen (secondary N) is 1. The zero-order valence-electron chi connectivity index (χ0n) is 11.5. The van der Waals surface area contributed by atoms with Crippen LogP contribution in [0.4, 0.5) is 18.9 Å². The van der Waals surface area contributed by atoms with Crippen LogP contribution in [0.5, 0.6) is 0 Å². The normalized spacial score (nSPS) is 11.4. The number of nitrogens with zero attached hydrogens (tertiary/aromatic N) is 1. The van der Waals surface area contributed by atoms with Gasteiger partial charge in [-0.05, 0) is 18.1 Å². The van der Waals surface area contributed by atoms with E-state index in [1.54, 1.807) is 12.1 Å². The third kappa shape index (κ3) is 4.45. The molecule has 1 heterocycles. The van der Waals surface area contributed by atoms with Gasteiger partial charge in [0.25, 0.3) is 0 Å². The van der Waals surface area contributed by atoms with Crippen molar-refractivity contribution in [3.8, 4) is 0 Å². The van der Waals surface area contributed by atoms with Crippen molar-refractivity contribution in [2.45, 2.75) is 25.6 Å². The van der Waals surface area contributed by atoms with Crippen LogP contribution in [0, 0.1) is 0 Å². The van der Waals surface area contributed by atoms with E-state index in [9.17, 15) is 18.0 Å².